The Morgan fingerprint density at radius 2 is 1.82 bits per heavy atom. The predicted octanol–water partition coefficient (Wildman–Crippen LogP) is 3.59. The van der Waals surface area contributed by atoms with Crippen LogP contribution in [0.1, 0.15) is 19.8 Å². The lowest BCUT2D eigenvalue weighted by molar-refractivity contribution is 0.208. The van der Waals surface area contributed by atoms with E-state index in [9.17, 15) is 0 Å². The molecule has 2 nitrogen and oxygen atoms in total. The van der Waals surface area contributed by atoms with Gasteiger partial charge in [-0.05, 0) is 70.1 Å². The normalized spacial score (nSPS) is 20.2. The molecule has 1 saturated heterocycles. The van der Waals surface area contributed by atoms with E-state index >= 15 is 0 Å². The van der Waals surface area contributed by atoms with Crippen molar-refractivity contribution in [2.75, 3.05) is 25.5 Å². The molecular formula is C14H21BrN2. The first-order chi connectivity index (χ1) is 8.15. The van der Waals surface area contributed by atoms with E-state index in [-0.39, 0.29) is 0 Å². The van der Waals surface area contributed by atoms with Crippen molar-refractivity contribution in [3.63, 3.8) is 0 Å². The van der Waals surface area contributed by atoms with Gasteiger partial charge in [0.05, 0.1) is 0 Å². The van der Waals surface area contributed by atoms with Crippen LogP contribution in [0.3, 0.4) is 0 Å². The minimum atomic E-state index is 0.560. The molecule has 2 rings (SSSR count). The van der Waals surface area contributed by atoms with Crippen LogP contribution in [0.15, 0.2) is 28.7 Å². The Labute approximate surface area is 113 Å². The number of halogens is 1. The van der Waals surface area contributed by atoms with Crippen LogP contribution < -0.4 is 5.32 Å². The SMILES string of the molecule is CC(Nc1ccc(Br)cc1)C1CCN(C)CC1. The van der Waals surface area contributed by atoms with E-state index in [4.69, 9.17) is 0 Å². The molecule has 1 N–H and O–H groups in total. The number of anilines is 1. The molecule has 0 bridgehead atoms. The Hall–Kier alpha value is -0.540. The maximum absolute atomic E-state index is 3.61. The van der Waals surface area contributed by atoms with Crippen LogP contribution >= 0.6 is 15.9 Å². The summed E-state index contributed by atoms with van der Waals surface area (Å²) in [7, 11) is 2.21. The van der Waals surface area contributed by atoms with Gasteiger partial charge in [-0.1, -0.05) is 15.9 Å². The van der Waals surface area contributed by atoms with Crippen molar-refractivity contribution in [1.29, 1.82) is 0 Å². The van der Waals surface area contributed by atoms with Crippen LogP contribution in [-0.2, 0) is 0 Å². The van der Waals surface area contributed by atoms with Gasteiger partial charge in [-0.2, -0.15) is 0 Å². The first kappa shape index (κ1) is 12.9. The standard InChI is InChI=1S/C14H21BrN2/c1-11(12-7-9-17(2)10-8-12)16-14-5-3-13(15)4-6-14/h3-6,11-12,16H,7-10H2,1-2H3. The van der Waals surface area contributed by atoms with E-state index in [1.807, 2.05) is 0 Å². The fraction of sp³-hybridized carbons (Fsp3) is 0.571. The van der Waals surface area contributed by atoms with Crippen molar-refractivity contribution in [1.82, 2.24) is 4.90 Å². The smallest absolute Gasteiger partial charge is 0.0343 e. The van der Waals surface area contributed by atoms with Gasteiger partial charge in [0.1, 0.15) is 0 Å². The van der Waals surface area contributed by atoms with Gasteiger partial charge < -0.3 is 10.2 Å². The Balaban J connectivity index is 1.88. The summed E-state index contributed by atoms with van der Waals surface area (Å²) in [6.45, 7) is 4.77. The van der Waals surface area contributed by atoms with E-state index in [1.165, 1.54) is 31.6 Å². The van der Waals surface area contributed by atoms with Gasteiger partial charge in [-0.15, -0.1) is 0 Å². The lowest BCUT2D eigenvalue weighted by Gasteiger charge is -2.33. The molecule has 0 aromatic heterocycles. The molecule has 1 heterocycles. The highest BCUT2D eigenvalue weighted by Gasteiger charge is 2.21. The van der Waals surface area contributed by atoms with Crippen LogP contribution in [0.4, 0.5) is 5.69 Å². The Bertz CT molecular complexity index is 342. The third-order valence-electron chi connectivity index (χ3n) is 3.71. The molecule has 17 heavy (non-hydrogen) atoms. The first-order valence-electron chi connectivity index (χ1n) is 6.36. The monoisotopic (exact) mass is 296 g/mol. The highest BCUT2D eigenvalue weighted by Crippen LogP contribution is 2.23. The van der Waals surface area contributed by atoms with Crippen LogP contribution in [-0.4, -0.2) is 31.1 Å². The molecule has 1 aliphatic rings. The van der Waals surface area contributed by atoms with Gasteiger partial charge in [-0.25, -0.2) is 0 Å². The third-order valence-corrected chi connectivity index (χ3v) is 4.24. The molecule has 1 aliphatic heterocycles. The van der Waals surface area contributed by atoms with Crippen molar-refractivity contribution in [2.45, 2.75) is 25.8 Å². The van der Waals surface area contributed by atoms with E-state index in [2.05, 4.69) is 64.4 Å². The van der Waals surface area contributed by atoms with E-state index in [0.717, 1.165) is 10.4 Å². The second-order valence-electron chi connectivity index (χ2n) is 5.08. The maximum atomic E-state index is 3.61. The molecule has 3 heteroatoms. The van der Waals surface area contributed by atoms with E-state index in [1.54, 1.807) is 0 Å². The Kier molecular flexibility index (Phi) is 4.46. The second kappa shape index (κ2) is 5.87. The summed E-state index contributed by atoms with van der Waals surface area (Å²) in [6.07, 6.45) is 2.61. The number of benzene rings is 1. The fourth-order valence-electron chi connectivity index (χ4n) is 2.46. The highest BCUT2D eigenvalue weighted by atomic mass is 79.9. The Morgan fingerprint density at radius 1 is 1.24 bits per heavy atom. The number of nitrogens with one attached hydrogen (secondary N) is 1. The molecule has 1 atom stereocenters. The lowest BCUT2D eigenvalue weighted by Crippen LogP contribution is -2.37. The van der Waals surface area contributed by atoms with Crippen LogP contribution in [0, 0.1) is 5.92 Å². The number of hydrogen-bond donors (Lipinski definition) is 1. The lowest BCUT2D eigenvalue weighted by atomic mass is 9.90. The minimum absolute atomic E-state index is 0.560. The van der Waals surface area contributed by atoms with Crippen molar-refractivity contribution in [3.8, 4) is 0 Å². The molecule has 1 aromatic carbocycles. The number of piperidine rings is 1. The molecule has 94 valence electrons. The number of hydrogen-bond acceptors (Lipinski definition) is 2. The van der Waals surface area contributed by atoms with Gasteiger partial charge in [0.2, 0.25) is 0 Å². The van der Waals surface area contributed by atoms with Gasteiger partial charge in [0, 0.05) is 16.2 Å². The number of rotatable bonds is 3. The van der Waals surface area contributed by atoms with Crippen molar-refractivity contribution in [2.24, 2.45) is 5.92 Å². The molecule has 0 radical (unpaired) electrons. The highest BCUT2D eigenvalue weighted by molar-refractivity contribution is 9.10. The molecule has 1 aromatic rings. The van der Waals surface area contributed by atoms with Crippen molar-refractivity contribution in [3.05, 3.63) is 28.7 Å². The largest absolute Gasteiger partial charge is 0.382 e. The zero-order valence-corrected chi connectivity index (χ0v) is 12.2. The van der Waals surface area contributed by atoms with Gasteiger partial charge in [0.25, 0.3) is 0 Å². The van der Waals surface area contributed by atoms with Gasteiger partial charge in [0.15, 0.2) is 0 Å². The third kappa shape index (κ3) is 3.71. The average Bonchev–Trinajstić information content (AvgIpc) is 2.33. The average molecular weight is 297 g/mol. The maximum Gasteiger partial charge on any atom is 0.0343 e. The summed E-state index contributed by atoms with van der Waals surface area (Å²) in [5, 5.41) is 3.61. The fourth-order valence-corrected chi connectivity index (χ4v) is 2.72. The van der Waals surface area contributed by atoms with Crippen molar-refractivity contribution < 1.29 is 0 Å². The zero-order valence-electron chi connectivity index (χ0n) is 10.6. The van der Waals surface area contributed by atoms with E-state index in [0.29, 0.717) is 6.04 Å². The van der Waals surface area contributed by atoms with Gasteiger partial charge in [-0.3, -0.25) is 0 Å². The molecule has 0 spiro atoms. The topological polar surface area (TPSA) is 15.3 Å². The summed E-state index contributed by atoms with van der Waals surface area (Å²) in [4.78, 5) is 2.42. The zero-order chi connectivity index (χ0) is 12.3. The summed E-state index contributed by atoms with van der Waals surface area (Å²) >= 11 is 3.46. The van der Waals surface area contributed by atoms with Gasteiger partial charge >= 0.3 is 0 Å². The first-order valence-corrected chi connectivity index (χ1v) is 7.15. The van der Waals surface area contributed by atoms with E-state index < -0.39 is 0 Å². The van der Waals surface area contributed by atoms with Crippen LogP contribution in [0.2, 0.25) is 0 Å². The molecule has 0 saturated carbocycles. The summed E-state index contributed by atoms with van der Waals surface area (Å²) < 4.78 is 1.13. The van der Waals surface area contributed by atoms with Crippen molar-refractivity contribution >= 4 is 21.6 Å². The Morgan fingerprint density at radius 3 is 2.41 bits per heavy atom. The molecular weight excluding hydrogens is 276 g/mol. The second-order valence-corrected chi connectivity index (χ2v) is 6.00. The quantitative estimate of drug-likeness (QED) is 0.917. The molecule has 1 unspecified atom stereocenters. The minimum Gasteiger partial charge on any atom is -0.382 e. The molecule has 0 amide bonds. The summed E-state index contributed by atoms with van der Waals surface area (Å²) in [5.74, 6) is 0.801. The van der Waals surface area contributed by atoms with Crippen LogP contribution in [0.25, 0.3) is 0 Å². The predicted molar refractivity (Wildman–Crippen MR) is 77.4 cm³/mol. The number of nitrogens with zero attached hydrogens (tertiary/aromatic N) is 1. The number of likely N-dealkylation sites (tertiary alicyclic amines) is 1. The van der Waals surface area contributed by atoms with Crippen LogP contribution in [0.5, 0.6) is 0 Å². The summed E-state index contributed by atoms with van der Waals surface area (Å²) in [5.41, 5.74) is 1.22. The molecule has 0 aliphatic carbocycles. The summed E-state index contributed by atoms with van der Waals surface area (Å²) in [6, 6.07) is 9.00. The molecule has 1 fully saturated rings.